The summed E-state index contributed by atoms with van der Waals surface area (Å²) in [6.07, 6.45) is 2.22. The second-order valence-corrected chi connectivity index (χ2v) is 5.98. The van der Waals surface area contributed by atoms with E-state index in [0.717, 1.165) is 12.8 Å². The fourth-order valence-electron chi connectivity index (χ4n) is 1.68. The number of nitrogens with one attached hydrogen (secondary N) is 1. The van der Waals surface area contributed by atoms with E-state index in [-0.39, 0.29) is 5.91 Å². The van der Waals surface area contributed by atoms with E-state index in [1.807, 2.05) is 11.4 Å². The van der Waals surface area contributed by atoms with Crippen molar-refractivity contribution >= 4 is 46.1 Å². The van der Waals surface area contributed by atoms with E-state index < -0.39 is 0 Å². The summed E-state index contributed by atoms with van der Waals surface area (Å²) in [6.45, 7) is 0. The summed E-state index contributed by atoms with van der Waals surface area (Å²) in [5.74, 6) is -0.0410. The third-order valence-electron chi connectivity index (χ3n) is 2.61. The predicted molar refractivity (Wildman–Crippen MR) is 82.3 cm³/mol. The lowest BCUT2D eigenvalue weighted by Gasteiger charge is -2.07. The van der Waals surface area contributed by atoms with Crippen LogP contribution in [-0.2, 0) is 11.2 Å². The van der Waals surface area contributed by atoms with Gasteiger partial charge in [0.2, 0.25) is 5.91 Å². The molecule has 1 aromatic carbocycles. The predicted octanol–water partition coefficient (Wildman–Crippen LogP) is 5.02. The number of benzene rings is 1. The quantitative estimate of drug-likeness (QED) is 0.825. The highest BCUT2D eigenvalue weighted by molar-refractivity contribution is 7.09. The van der Waals surface area contributed by atoms with Gasteiger partial charge in [-0.05, 0) is 42.5 Å². The zero-order valence-corrected chi connectivity index (χ0v) is 12.5. The van der Waals surface area contributed by atoms with Gasteiger partial charge in [-0.3, -0.25) is 4.79 Å². The molecule has 0 spiro atoms. The Bertz CT molecular complexity index is 555. The van der Waals surface area contributed by atoms with Crippen molar-refractivity contribution in [3.63, 3.8) is 0 Å². The summed E-state index contributed by atoms with van der Waals surface area (Å²) in [6, 6.07) is 9.12. The molecule has 2 aromatic rings. The van der Waals surface area contributed by atoms with Gasteiger partial charge in [0, 0.05) is 16.3 Å². The van der Waals surface area contributed by atoms with Crippen molar-refractivity contribution in [3.8, 4) is 0 Å². The number of thiophene rings is 1. The fourth-order valence-corrected chi connectivity index (χ4v) is 2.77. The zero-order valence-electron chi connectivity index (χ0n) is 10.2. The van der Waals surface area contributed by atoms with Crippen LogP contribution >= 0.6 is 34.5 Å². The maximum absolute atomic E-state index is 11.8. The molecule has 0 radical (unpaired) electrons. The molecule has 2 nitrogen and oxygen atoms in total. The molecule has 0 saturated carbocycles. The number of carbonyl (C=O) groups is 1. The number of amides is 1. The first-order valence-electron chi connectivity index (χ1n) is 5.92. The molecule has 19 heavy (non-hydrogen) atoms. The lowest BCUT2D eigenvalue weighted by Crippen LogP contribution is -2.11. The molecule has 0 saturated heterocycles. The number of aryl methyl sites for hydroxylation is 1. The molecule has 0 aliphatic carbocycles. The molecule has 2 rings (SSSR count). The number of carbonyl (C=O) groups excluding carboxylic acids is 1. The number of hydrogen-bond donors (Lipinski definition) is 1. The molecule has 5 heteroatoms. The normalized spacial score (nSPS) is 10.4. The third kappa shape index (κ3) is 4.53. The first kappa shape index (κ1) is 14.4. The average Bonchev–Trinajstić information content (AvgIpc) is 2.87. The Balaban J connectivity index is 1.82. The van der Waals surface area contributed by atoms with E-state index in [9.17, 15) is 4.79 Å². The summed E-state index contributed by atoms with van der Waals surface area (Å²) in [4.78, 5) is 13.1. The van der Waals surface area contributed by atoms with E-state index in [1.165, 1.54) is 4.88 Å². The highest BCUT2D eigenvalue weighted by Crippen LogP contribution is 2.25. The van der Waals surface area contributed by atoms with Gasteiger partial charge in [-0.15, -0.1) is 11.3 Å². The maximum atomic E-state index is 11.8. The van der Waals surface area contributed by atoms with Gasteiger partial charge in [-0.2, -0.15) is 0 Å². The number of anilines is 1. The van der Waals surface area contributed by atoms with Gasteiger partial charge >= 0.3 is 0 Å². The Morgan fingerprint density at radius 1 is 1.26 bits per heavy atom. The van der Waals surface area contributed by atoms with Crippen LogP contribution in [0.2, 0.25) is 10.0 Å². The van der Waals surface area contributed by atoms with Crippen LogP contribution in [-0.4, -0.2) is 5.91 Å². The molecule has 1 amide bonds. The lowest BCUT2D eigenvalue weighted by molar-refractivity contribution is -0.116. The number of rotatable bonds is 5. The molecule has 0 atom stereocenters. The largest absolute Gasteiger partial charge is 0.325 e. The van der Waals surface area contributed by atoms with E-state index in [0.29, 0.717) is 22.2 Å². The van der Waals surface area contributed by atoms with Crippen molar-refractivity contribution in [1.82, 2.24) is 0 Å². The highest BCUT2D eigenvalue weighted by Gasteiger charge is 2.06. The summed E-state index contributed by atoms with van der Waals surface area (Å²) in [5.41, 5.74) is 0.565. The Kier molecular flexibility index (Phi) is 5.25. The molecule has 0 fully saturated rings. The Morgan fingerprint density at radius 3 is 2.84 bits per heavy atom. The van der Waals surface area contributed by atoms with Gasteiger partial charge in [0.15, 0.2) is 0 Å². The maximum Gasteiger partial charge on any atom is 0.224 e. The minimum Gasteiger partial charge on any atom is -0.325 e. The van der Waals surface area contributed by atoms with Crippen LogP contribution in [0.4, 0.5) is 5.69 Å². The Morgan fingerprint density at radius 2 is 2.11 bits per heavy atom. The summed E-state index contributed by atoms with van der Waals surface area (Å²) < 4.78 is 0. The van der Waals surface area contributed by atoms with Crippen LogP contribution < -0.4 is 5.32 Å². The highest BCUT2D eigenvalue weighted by atomic mass is 35.5. The van der Waals surface area contributed by atoms with E-state index in [1.54, 1.807) is 29.5 Å². The topological polar surface area (TPSA) is 29.1 Å². The summed E-state index contributed by atoms with van der Waals surface area (Å²) >= 11 is 13.6. The van der Waals surface area contributed by atoms with Crippen LogP contribution in [0, 0.1) is 0 Å². The molecule has 1 N–H and O–H groups in total. The molecular formula is C14H13Cl2NOS. The van der Waals surface area contributed by atoms with E-state index >= 15 is 0 Å². The van der Waals surface area contributed by atoms with Gasteiger partial charge in [-0.1, -0.05) is 29.3 Å². The zero-order chi connectivity index (χ0) is 13.7. The molecule has 0 unspecified atom stereocenters. The molecular weight excluding hydrogens is 301 g/mol. The monoisotopic (exact) mass is 313 g/mol. The van der Waals surface area contributed by atoms with Gasteiger partial charge in [0.05, 0.1) is 10.7 Å². The smallest absolute Gasteiger partial charge is 0.224 e. The van der Waals surface area contributed by atoms with Crippen LogP contribution in [0.3, 0.4) is 0 Å². The van der Waals surface area contributed by atoms with Crippen molar-refractivity contribution < 1.29 is 4.79 Å². The van der Waals surface area contributed by atoms with Crippen molar-refractivity contribution in [2.75, 3.05) is 5.32 Å². The Labute approximate surface area is 126 Å². The minimum absolute atomic E-state index is 0.0410. The van der Waals surface area contributed by atoms with Gasteiger partial charge < -0.3 is 5.32 Å². The number of hydrogen-bond acceptors (Lipinski definition) is 2. The molecule has 0 aliphatic heterocycles. The average molecular weight is 314 g/mol. The first-order chi connectivity index (χ1) is 9.15. The molecule has 0 aliphatic rings. The van der Waals surface area contributed by atoms with Crippen LogP contribution in [0.5, 0.6) is 0 Å². The van der Waals surface area contributed by atoms with E-state index in [2.05, 4.69) is 11.4 Å². The van der Waals surface area contributed by atoms with Crippen molar-refractivity contribution in [2.45, 2.75) is 19.3 Å². The third-order valence-corrected chi connectivity index (χ3v) is 4.11. The van der Waals surface area contributed by atoms with Gasteiger partial charge in [0.25, 0.3) is 0 Å². The van der Waals surface area contributed by atoms with Crippen molar-refractivity contribution in [1.29, 1.82) is 0 Å². The minimum atomic E-state index is -0.0410. The molecule has 1 aromatic heterocycles. The van der Waals surface area contributed by atoms with Crippen LogP contribution in [0.15, 0.2) is 35.7 Å². The van der Waals surface area contributed by atoms with Crippen molar-refractivity contribution in [3.05, 3.63) is 50.6 Å². The lowest BCUT2D eigenvalue weighted by atomic mass is 10.2. The molecule has 0 bridgehead atoms. The Hall–Kier alpha value is -1.03. The summed E-state index contributed by atoms with van der Waals surface area (Å²) in [5, 5.41) is 5.87. The van der Waals surface area contributed by atoms with E-state index in [4.69, 9.17) is 23.2 Å². The standard InChI is InChI=1S/C14H13Cl2NOS/c15-10-6-7-12(16)13(9-10)17-14(18)5-1-3-11-4-2-8-19-11/h2,4,6-9H,1,3,5H2,(H,17,18). The second-order valence-electron chi connectivity index (χ2n) is 4.11. The first-order valence-corrected chi connectivity index (χ1v) is 7.56. The van der Waals surface area contributed by atoms with Gasteiger partial charge in [0.1, 0.15) is 0 Å². The van der Waals surface area contributed by atoms with Gasteiger partial charge in [-0.25, -0.2) is 0 Å². The molecule has 1 heterocycles. The second kappa shape index (κ2) is 6.94. The number of halogens is 2. The SMILES string of the molecule is O=C(CCCc1cccs1)Nc1cc(Cl)ccc1Cl. The van der Waals surface area contributed by atoms with Crippen LogP contribution in [0.25, 0.3) is 0 Å². The van der Waals surface area contributed by atoms with Crippen molar-refractivity contribution in [2.24, 2.45) is 0 Å². The molecule has 100 valence electrons. The van der Waals surface area contributed by atoms with Crippen LogP contribution in [0.1, 0.15) is 17.7 Å². The summed E-state index contributed by atoms with van der Waals surface area (Å²) in [7, 11) is 0. The fraction of sp³-hybridized carbons (Fsp3) is 0.214.